The van der Waals surface area contributed by atoms with Crippen LogP contribution >= 0.6 is 34.3 Å². The van der Waals surface area contributed by atoms with Crippen molar-refractivity contribution in [1.82, 2.24) is 0 Å². The minimum atomic E-state index is 0.624. The monoisotopic (exact) mass is 361 g/mol. The Morgan fingerprint density at radius 3 is 2.57 bits per heavy atom. The van der Waals surface area contributed by atoms with Crippen LogP contribution in [0.25, 0.3) is 10.4 Å². The van der Waals surface area contributed by atoms with Gasteiger partial charge in [0.25, 0.3) is 0 Å². The van der Waals surface area contributed by atoms with Gasteiger partial charge in [-0.05, 0) is 43.2 Å². The minimum absolute atomic E-state index is 0.624. The molecule has 1 heterocycles. The van der Waals surface area contributed by atoms with Crippen LogP contribution in [0.4, 0.5) is 5.69 Å². The molecule has 0 N–H and O–H groups in total. The van der Waals surface area contributed by atoms with E-state index in [1.54, 1.807) is 29.8 Å². The third-order valence-electron chi connectivity index (χ3n) is 3.49. The van der Waals surface area contributed by atoms with Gasteiger partial charge in [-0.2, -0.15) is 0 Å². The lowest BCUT2D eigenvalue weighted by Gasteiger charge is -2.05. The molecule has 0 amide bonds. The summed E-state index contributed by atoms with van der Waals surface area (Å²) in [6, 6.07) is 14.0. The molecule has 0 atom stereocenters. The molecule has 5 heteroatoms. The summed E-state index contributed by atoms with van der Waals surface area (Å²) in [6.07, 6.45) is 0. The number of para-hydroxylation sites is 1. The number of hydrogen-bond donors (Lipinski definition) is 0. The first-order valence-corrected chi connectivity index (χ1v) is 9.14. The van der Waals surface area contributed by atoms with E-state index in [4.69, 9.17) is 21.3 Å². The third kappa shape index (κ3) is 3.50. The number of aryl methyl sites for hydroxylation is 2. The van der Waals surface area contributed by atoms with E-state index in [-0.39, 0.29) is 0 Å². The second-order valence-corrected chi connectivity index (χ2v) is 7.97. The molecule has 0 aliphatic heterocycles. The maximum Gasteiger partial charge on any atom is 0.171 e. The molecule has 3 rings (SSSR count). The Bertz CT molecular complexity index is 911. The summed E-state index contributed by atoms with van der Waals surface area (Å²) in [4.78, 5) is 7.24. The van der Waals surface area contributed by atoms with Gasteiger partial charge in [0.2, 0.25) is 0 Å². The van der Waals surface area contributed by atoms with Crippen molar-refractivity contribution in [2.24, 2.45) is 4.99 Å². The molecule has 2 aromatic carbocycles. The number of nitrogens with zero attached hydrogens (tertiary/aromatic N) is 1. The molecular weight excluding hydrogens is 346 g/mol. The summed E-state index contributed by atoms with van der Waals surface area (Å²) in [5.41, 5.74) is 3.31. The average Bonchev–Trinajstić information content (AvgIpc) is 2.91. The lowest BCUT2D eigenvalue weighted by molar-refractivity contribution is 0.415. The lowest BCUT2D eigenvalue weighted by atomic mass is 10.2. The predicted octanol–water partition coefficient (Wildman–Crippen LogP) is 5.99. The van der Waals surface area contributed by atoms with Crippen molar-refractivity contribution >= 4 is 40.0 Å². The maximum absolute atomic E-state index is 6.12. The standard InChI is InChI=1S/C18H16ClNOS2/c1-11-6-4-5-7-15(11)20-18-22-12(2)17(23-18)13-8-9-14(19)16(10-13)21-3/h4-10H,1-3H3. The highest BCUT2D eigenvalue weighted by Gasteiger charge is 2.10. The summed E-state index contributed by atoms with van der Waals surface area (Å²) in [6.45, 7) is 4.20. The Morgan fingerprint density at radius 2 is 1.83 bits per heavy atom. The van der Waals surface area contributed by atoms with Gasteiger partial charge in [-0.15, -0.1) is 22.7 Å². The van der Waals surface area contributed by atoms with E-state index in [1.807, 2.05) is 36.4 Å². The van der Waals surface area contributed by atoms with E-state index < -0.39 is 0 Å². The number of benzene rings is 2. The summed E-state index contributed by atoms with van der Waals surface area (Å²) in [7, 11) is 1.63. The highest BCUT2D eigenvalue weighted by molar-refractivity contribution is 7.29. The molecule has 0 saturated carbocycles. The van der Waals surface area contributed by atoms with Gasteiger partial charge in [-0.3, -0.25) is 0 Å². The SMILES string of the molecule is COc1cc(-c2sc(=Nc3ccccc3C)sc2C)ccc1Cl. The highest BCUT2D eigenvalue weighted by atomic mass is 35.5. The first kappa shape index (κ1) is 16.2. The Morgan fingerprint density at radius 1 is 1.04 bits per heavy atom. The molecule has 0 spiro atoms. The molecule has 0 bridgehead atoms. The second-order valence-electron chi connectivity index (χ2n) is 5.10. The van der Waals surface area contributed by atoms with E-state index in [9.17, 15) is 0 Å². The molecule has 0 aliphatic carbocycles. The minimum Gasteiger partial charge on any atom is -0.495 e. The second kappa shape index (κ2) is 6.87. The number of ether oxygens (including phenoxy) is 1. The smallest absolute Gasteiger partial charge is 0.171 e. The molecule has 0 unspecified atom stereocenters. The van der Waals surface area contributed by atoms with Gasteiger partial charge >= 0.3 is 0 Å². The van der Waals surface area contributed by atoms with Crippen molar-refractivity contribution in [3.63, 3.8) is 0 Å². The summed E-state index contributed by atoms with van der Waals surface area (Å²) in [5.74, 6) is 0.694. The van der Waals surface area contributed by atoms with Crippen LogP contribution in [0, 0.1) is 13.8 Å². The summed E-state index contributed by atoms with van der Waals surface area (Å²) in [5, 5.41) is 0.624. The molecule has 0 radical (unpaired) electrons. The van der Waals surface area contributed by atoms with Crippen molar-refractivity contribution < 1.29 is 4.74 Å². The molecule has 2 nitrogen and oxygen atoms in total. The fraction of sp³-hybridized carbons (Fsp3) is 0.167. The Hall–Kier alpha value is -1.62. The number of methoxy groups -OCH3 is 1. The number of hydrogen-bond acceptors (Lipinski definition) is 4. The van der Waals surface area contributed by atoms with Crippen molar-refractivity contribution in [3.05, 3.63) is 61.9 Å². The van der Waals surface area contributed by atoms with Crippen molar-refractivity contribution in [2.45, 2.75) is 13.8 Å². The number of halogens is 1. The molecule has 0 aliphatic rings. The van der Waals surface area contributed by atoms with Gasteiger partial charge in [0.15, 0.2) is 3.98 Å². The van der Waals surface area contributed by atoms with Crippen LogP contribution < -0.4 is 8.72 Å². The van der Waals surface area contributed by atoms with E-state index in [0.717, 1.165) is 15.2 Å². The van der Waals surface area contributed by atoms with Gasteiger partial charge in [-0.25, -0.2) is 4.99 Å². The molecule has 0 saturated heterocycles. The normalized spacial score (nSPS) is 11.7. The van der Waals surface area contributed by atoms with E-state index in [1.165, 1.54) is 15.3 Å². The summed E-state index contributed by atoms with van der Waals surface area (Å²) >= 11 is 9.52. The van der Waals surface area contributed by atoms with Crippen molar-refractivity contribution in [3.8, 4) is 16.2 Å². The largest absolute Gasteiger partial charge is 0.495 e. The molecular formula is C18H16ClNOS2. The molecule has 1 aromatic heterocycles. The first-order chi connectivity index (χ1) is 11.1. The fourth-order valence-corrected chi connectivity index (χ4v) is 4.81. The van der Waals surface area contributed by atoms with Gasteiger partial charge in [0.1, 0.15) is 5.75 Å². The van der Waals surface area contributed by atoms with E-state index in [2.05, 4.69) is 19.9 Å². The van der Waals surface area contributed by atoms with Crippen LogP contribution in [0.5, 0.6) is 5.75 Å². The van der Waals surface area contributed by atoms with Crippen molar-refractivity contribution in [2.75, 3.05) is 7.11 Å². The Balaban J connectivity index is 2.07. The third-order valence-corrected chi connectivity index (χ3v) is 6.22. The zero-order valence-corrected chi connectivity index (χ0v) is 15.5. The Labute approximate surface area is 148 Å². The van der Waals surface area contributed by atoms with Gasteiger partial charge in [-0.1, -0.05) is 35.9 Å². The quantitative estimate of drug-likeness (QED) is 0.561. The summed E-state index contributed by atoms with van der Waals surface area (Å²) < 4.78 is 6.36. The zero-order valence-electron chi connectivity index (χ0n) is 13.1. The van der Waals surface area contributed by atoms with E-state index in [0.29, 0.717) is 10.8 Å². The zero-order chi connectivity index (χ0) is 16.4. The molecule has 0 fully saturated rings. The topological polar surface area (TPSA) is 21.6 Å². The maximum atomic E-state index is 6.12. The molecule has 3 aromatic rings. The Kier molecular flexibility index (Phi) is 4.85. The fourth-order valence-electron chi connectivity index (χ4n) is 2.25. The van der Waals surface area contributed by atoms with Crippen LogP contribution in [-0.4, -0.2) is 7.11 Å². The first-order valence-electron chi connectivity index (χ1n) is 7.13. The van der Waals surface area contributed by atoms with Crippen LogP contribution in [0.3, 0.4) is 0 Å². The van der Waals surface area contributed by atoms with Crippen LogP contribution in [0.15, 0.2) is 47.5 Å². The predicted molar refractivity (Wildman–Crippen MR) is 100 cm³/mol. The molecule has 118 valence electrons. The van der Waals surface area contributed by atoms with Gasteiger partial charge in [0.05, 0.1) is 22.7 Å². The van der Waals surface area contributed by atoms with Crippen LogP contribution in [0.1, 0.15) is 10.4 Å². The average molecular weight is 362 g/mol. The molecule has 23 heavy (non-hydrogen) atoms. The van der Waals surface area contributed by atoms with Crippen LogP contribution in [0.2, 0.25) is 5.02 Å². The van der Waals surface area contributed by atoms with Gasteiger partial charge < -0.3 is 4.74 Å². The van der Waals surface area contributed by atoms with Crippen LogP contribution in [-0.2, 0) is 0 Å². The van der Waals surface area contributed by atoms with E-state index >= 15 is 0 Å². The van der Waals surface area contributed by atoms with Crippen molar-refractivity contribution in [1.29, 1.82) is 0 Å². The lowest BCUT2D eigenvalue weighted by Crippen LogP contribution is -1.86. The number of rotatable bonds is 3. The highest BCUT2D eigenvalue weighted by Crippen LogP contribution is 2.35. The van der Waals surface area contributed by atoms with Gasteiger partial charge in [0, 0.05) is 4.88 Å².